The van der Waals surface area contributed by atoms with Gasteiger partial charge in [-0.25, -0.2) is 4.79 Å². The van der Waals surface area contributed by atoms with Crippen LogP contribution in [-0.2, 0) is 12.8 Å². The average Bonchev–Trinajstić information content (AvgIpc) is 2.78. The van der Waals surface area contributed by atoms with Gasteiger partial charge in [-0.2, -0.15) is 0 Å². The highest BCUT2D eigenvalue weighted by Gasteiger charge is 2.12. The van der Waals surface area contributed by atoms with Crippen LogP contribution in [0.1, 0.15) is 53.4 Å². The normalized spacial score (nSPS) is 12.6. The summed E-state index contributed by atoms with van der Waals surface area (Å²) in [4.78, 5) is 11.4. The number of carbonyl (C=O) groups is 1. The quantitative estimate of drug-likeness (QED) is 0.369. The fourth-order valence-corrected chi connectivity index (χ4v) is 3.82. The van der Waals surface area contributed by atoms with E-state index in [4.69, 9.17) is 0 Å². The molecular formula is C27H32ClNO3. The van der Waals surface area contributed by atoms with Crippen molar-refractivity contribution in [3.05, 3.63) is 95.1 Å². The highest BCUT2D eigenvalue weighted by atomic mass is 35.5. The fraction of sp³-hybridized carbons (Fsp3) is 0.296. The van der Waals surface area contributed by atoms with Gasteiger partial charge in [0.05, 0.1) is 11.7 Å². The van der Waals surface area contributed by atoms with E-state index in [9.17, 15) is 15.0 Å². The Balaban J connectivity index is 0.00000363. The maximum Gasteiger partial charge on any atom is 0.335 e. The number of rotatable bonds is 10. The van der Waals surface area contributed by atoms with Gasteiger partial charge >= 0.3 is 5.97 Å². The smallest absolute Gasteiger partial charge is 0.335 e. The lowest BCUT2D eigenvalue weighted by Crippen LogP contribution is -2.32. The minimum absolute atomic E-state index is 0. The fourth-order valence-electron chi connectivity index (χ4n) is 3.82. The van der Waals surface area contributed by atoms with Crippen molar-refractivity contribution >= 4 is 18.4 Å². The molecule has 0 unspecified atom stereocenters. The Morgan fingerprint density at radius 2 is 1.62 bits per heavy atom. The average molecular weight is 454 g/mol. The zero-order valence-corrected chi connectivity index (χ0v) is 19.4. The summed E-state index contributed by atoms with van der Waals surface area (Å²) in [5.41, 5.74) is 5.53. The van der Waals surface area contributed by atoms with E-state index in [-0.39, 0.29) is 18.4 Å². The monoisotopic (exact) mass is 453 g/mol. The van der Waals surface area contributed by atoms with Crippen molar-refractivity contribution in [3.63, 3.8) is 0 Å². The summed E-state index contributed by atoms with van der Waals surface area (Å²) in [5.74, 6) is -0.871. The molecule has 170 valence electrons. The van der Waals surface area contributed by atoms with Gasteiger partial charge in [0, 0.05) is 12.6 Å². The lowest BCUT2D eigenvalue weighted by atomic mass is 9.95. The van der Waals surface area contributed by atoms with Gasteiger partial charge < -0.3 is 15.5 Å². The maximum atomic E-state index is 11.4. The van der Waals surface area contributed by atoms with Gasteiger partial charge in [-0.05, 0) is 53.6 Å². The molecule has 4 nitrogen and oxygen atoms in total. The molecule has 0 fully saturated rings. The second kappa shape index (κ2) is 12.4. The number of aliphatic hydroxyl groups is 1. The Kier molecular flexibility index (Phi) is 9.92. The van der Waals surface area contributed by atoms with Crippen molar-refractivity contribution in [2.45, 2.75) is 45.3 Å². The number of aliphatic hydroxyl groups excluding tert-OH is 1. The topological polar surface area (TPSA) is 69.6 Å². The van der Waals surface area contributed by atoms with Gasteiger partial charge in [-0.15, -0.1) is 12.4 Å². The molecule has 0 saturated carbocycles. The van der Waals surface area contributed by atoms with Crippen LogP contribution in [0.4, 0.5) is 0 Å². The molecule has 5 heteroatoms. The van der Waals surface area contributed by atoms with Crippen LogP contribution in [0.15, 0.2) is 72.8 Å². The van der Waals surface area contributed by atoms with Crippen LogP contribution in [0.25, 0.3) is 11.1 Å². The summed E-state index contributed by atoms with van der Waals surface area (Å²) >= 11 is 0. The third-order valence-corrected chi connectivity index (χ3v) is 5.53. The molecule has 0 aromatic heterocycles. The molecule has 0 radical (unpaired) electrons. The predicted octanol–water partition coefficient (Wildman–Crippen LogP) is 5.68. The molecule has 3 aromatic rings. The number of carboxylic acids is 1. The van der Waals surface area contributed by atoms with Gasteiger partial charge in [0.2, 0.25) is 0 Å². The van der Waals surface area contributed by atoms with Crippen LogP contribution < -0.4 is 5.32 Å². The highest BCUT2D eigenvalue weighted by Crippen LogP contribution is 2.24. The second-order valence-electron chi connectivity index (χ2n) is 8.06. The number of aryl methyl sites for hydroxylation is 1. The largest absolute Gasteiger partial charge is 0.478 e. The molecule has 3 N–H and O–H groups in total. The van der Waals surface area contributed by atoms with Crippen molar-refractivity contribution in [2.24, 2.45) is 0 Å². The summed E-state index contributed by atoms with van der Waals surface area (Å²) in [7, 11) is 0. The van der Waals surface area contributed by atoms with Crippen molar-refractivity contribution in [2.75, 3.05) is 6.54 Å². The summed E-state index contributed by atoms with van der Waals surface area (Å²) in [6.07, 6.45) is 2.01. The number of nitrogens with one attached hydrogen (secondary N) is 1. The minimum Gasteiger partial charge on any atom is -0.478 e. The predicted molar refractivity (Wildman–Crippen MR) is 133 cm³/mol. The number of benzene rings is 3. The highest BCUT2D eigenvalue weighted by molar-refractivity contribution is 5.90. The number of hydrogen-bond donors (Lipinski definition) is 3. The Hall–Kier alpha value is -2.66. The van der Waals surface area contributed by atoms with E-state index in [1.165, 1.54) is 5.56 Å². The van der Waals surface area contributed by atoms with Crippen molar-refractivity contribution in [1.82, 2.24) is 5.32 Å². The Labute approximate surface area is 196 Å². The molecule has 0 heterocycles. The van der Waals surface area contributed by atoms with E-state index < -0.39 is 12.1 Å². The Bertz CT molecular complexity index is 990. The first-order chi connectivity index (χ1) is 15.0. The van der Waals surface area contributed by atoms with E-state index in [1.807, 2.05) is 42.5 Å². The lowest BCUT2D eigenvalue weighted by Gasteiger charge is -2.18. The van der Waals surface area contributed by atoms with Crippen LogP contribution in [-0.4, -0.2) is 28.8 Å². The number of aromatic carboxylic acids is 1. The first kappa shape index (κ1) is 25.6. The minimum atomic E-state index is -0.871. The molecule has 3 rings (SSSR count). The lowest BCUT2D eigenvalue weighted by molar-refractivity contribution is 0.0695. The SMILES string of the molecule is CCCc1cc(-c2ccc(C[C@@H](C)NC[C@H](O)c3ccccc3)cc2)ccc1C(=O)O.Cl. The van der Waals surface area contributed by atoms with Gasteiger partial charge in [0.15, 0.2) is 0 Å². The molecule has 0 aliphatic rings. The van der Waals surface area contributed by atoms with E-state index in [0.717, 1.165) is 41.5 Å². The van der Waals surface area contributed by atoms with Gasteiger partial charge in [0.1, 0.15) is 0 Å². The van der Waals surface area contributed by atoms with Crippen LogP contribution in [0.3, 0.4) is 0 Å². The van der Waals surface area contributed by atoms with Gasteiger partial charge in [-0.3, -0.25) is 0 Å². The van der Waals surface area contributed by atoms with E-state index in [2.05, 4.69) is 43.4 Å². The third kappa shape index (κ3) is 6.92. The zero-order chi connectivity index (χ0) is 22.2. The second-order valence-corrected chi connectivity index (χ2v) is 8.06. The Morgan fingerprint density at radius 1 is 0.969 bits per heavy atom. The molecule has 0 amide bonds. The maximum absolute atomic E-state index is 11.4. The summed E-state index contributed by atoms with van der Waals surface area (Å²) in [6, 6.07) is 23.9. The van der Waals surface area contributed by atoms with Gasteiger partial charge in [0.25, 0.3) is 0 Å². The van der Waals surface area contributed by atoms with E-state index in [0.29, 0.717) is 12.1 Å². The van der Waals surface area contributed by atoms with Crippen LogP contribution in [0.2, 0.25) is 0 Å². The van der Waals surface area contributed by atoms with Crippen molar-refractivity contribution < 1.29 is 15.0 Å². The van der Waals surface area contributed by atoms with Crippen LogP contribution in [0.5, 0.6) is 0 Å². The Morgan fingerprint density at radius 3 is 2.25 bits per heavy atom. The van der Waals surface area contributed by atoms with E-state index in [1.54, 1.807) is 6.07 Å². The summed E-state index contributed by atoms with van der Waals surface area (Å²) in [5, 5.41) is 23.1. The molecule has 2 atom stereocenters. The third-order valence-electron chi connectivity index (χ3n) is 5.53. The van der Waals surface area contributed by atoms with Gasteiger partial charge in [-0.1, -0.05) is 80.1 Å². The summed E-state index contributed by atoms with van der Waals surface area (Å²) < 4.78 is 0. The molecule has 3 aromatic carbocycles. The number of hydrogen-bond acceptors (Lipinski definition) is 3. The standard InChI is InChI=1S/C27H31NO3.ClH/c1-3-7-24-17-23(14-15-25(24)27(30)31)21-12-10-20(11-13-21)16-19(2)28-18-26(29)22-8-5-4-6-9-22;/h4-6,8-15,17,19,26,28-29H,3,7,16,18H2,1-2H3,(H,30,31);1H/t19-,26+;/m1./s1. The molecule has 0 aliphatic heterocycles. The first-order valence-electron chi connectivity index (χ1n) is 10.9. The molecule has 0 saturated heterocycles. The first-order valence-corrected chi connectivity index (χ1v) is 10.9. The van der Waals surface area contributed by atoms with Crippen LogP contribution in [0, 0.1) is 0 Å². The van der Waals surface area contributed by atoms with Crippen LogP contribution >= 0.6 is 12.4 Å². The number of carboxylic acid groups (broad SMARTS) is 1. The van der Waals surface area contributed by atoms with Crippen molar-refractivity contribution in [3.8, 4) is 11.1 Å². The molecule has 0 aliphatic carbocycles. The molecule has 0 spiro atoms. The number of halogens is 1. The molecule has 32 heavy (non-hydrogen) atoms. The molecular weight excluding hydrogens is 422 g/mol. The van der Waals surface area contributed by atoms with E-state index >= 15 is 0 Å². The van der Waals surface area contributed by atoms with Crippen molar-refractivity contribution in [1.29, 1.82) is 0 Å². The summed E-state index contributed by atoms with van der Waals surface area (Å²) in [6.45, 7) is 4.69. The molecule has 0 bridgehead atoms. The zero-order valence-electron chi connectivity index (χ0n) is 18.6.